The van der Waals surface area contributed by atoms with E-state index in [1.807, 2.05) is 0 Å². The molecule has 6 heteroatoms. The van der Waals surface area contributed by atoms with E-state index >= 15 is 0 Å². The summed E-state index contributed by atoms with van der Waals surface area (Å²) in [5, 5.41) is 11.6. The summed E-state index contributed by atoms with van der Waals surface area (Å²) in [5.41, 5.74) is 1.78. The van der Waals surface area contributed by atoms with Gasteiger partial charge < -0.3 is 9.84 Å². The zero-order valence-corrected chi connectivity index (χ0v) is 11.0. The van der Waals surface area contributed by atoms with Crippen molar-refractivity contribution in [2.24, 2.45) is 0 Å². The molecule has 0 fully saturated rings. The number of hydrogen-bond donors (Lipinski definition) is 2. The van der Waals surface area contributed by atoms with Gasteiger partial charge in [0.15, 0.2) is 0 Å². The number of ether oxygens (including phenoxy) is 1. The number of aryl methyl sites for hydroxylation is 2. The van der Waals surface area contributed by atoms with E-state index < -0.39 is 12.1 Å². The third-order valence-corrected chi connectivity index (χ3v) is 3.08. The number of pyridine rings is 1. The second-order valence-corrected chi connectivity index (χ2v) is 4.51. The Hall–Kier alpha value is -2.37. The lowest BCUT2D eigenvalue weighted by atomic mass is 9.95. The third-order valence-electron chi connectivity index (χ3n) is 3.08. The van der Waals surface area contributed by atoms with Gasteiger partial charge in [-0.3, -0.25) is 5.32 Å². The van der Waals surface area contributed by atoms with E-state index in [0.29, 0.717) is 0 Å². The molecule has 0 saturated carbocycles. The largest absolute Gasteiger partial charge is 0.478 e. The Morgan fingerprint density at radius 2 is 2.20 bits per heavy atom. The molecule has 0 aliphatic heterocycles. The van der Waals surface area contributed by atoms with E-state index in [4.69, 9.17) is 4.74 Å². The Bertz CT molecular complexity index is 554. The number of carboxylic acids is 1. The normalized spacial score (nSPS) is 13.2. The van der Waals surface area contributed by atoms with Gasteiger partial charge in [0, 0.05) is 5.69 Å². The molecule has 0 bridgehead atoms. The molecule has 1 amide bonds. The molecular weight excluding hydrogens is 260 g/mol. The number of fused-ring (bicyclic) bond motifs is 1. The van der Waals surface area contributed by atoms with Crippen LogP contribution in [-0.2, 0) is 17.6 Å². The molecule has 2 N–H and O–H groups in total. The van der Waals surface area contributed by atoms with Crippen molar-refractivity contribution in [3.63, 3.8) is 0 Å². The summed E-state index contributed by atoms with van der Waals surface area (Å²) >= 11 is 0. The number of aromatic carboxylic acids is 1. The Labute approximate surface area is 116 Å². The van der Waals surface area contributed by atoms with Crippen LogP contribution in [-0.4, -0.2) is 28.8 Å². The number of rotatable bonds is 4. The van der Waals surface area contributed by atoms with Crippen LogP contribution in [0.3, 0.4) is 0 Å². The molecule has 2 rings (SSSR count). The van der Waals surface area contributed by atoms with Crippen LogP contribution in [0.4, 0.5) is 10.6 Å². The zero-order valence-electron chi connectivity index (χ0n) is 11.0. The molecule has 6 nitrogen and oxygen atoms in total. The molecule has 0 unspecified atom stereocenters. The molecule has 0 atom stereocenters. The topological polar surface area (TPSA) is 88.5 Å². The first kappa shape index (κ1) is 14.0. The summed E-state index contributed by atoms with van der Waals surface area (Å²) in [5.74, 6) is -1.09. The average molecular weight is 276 g/mol. The van der Waals surface area contributed by atoms with Crippen LogP contribution in [0, 0.1) is 0 Å². The van der Waals surface area contributed by atoms with Gasteiger partial charge in [0.05, 0.1) is 0 Å². The number of anilines is 1. The minimum atomic E-state index is -1.12. The molecule has 20 heavy (non-hydrogen) atoms. The van der Waals surface area contributed by atoms with Gasteiger partial charge in [-0.15, -0.1) is 0 Å². The van der Waals surface area contributed by atoms with Crippen LogP contribution in [0.15, 0.2) is 18.7 Å². The van der Waals surface area contributed by atoms with Crippen LogP contribution < -0.4 is 5.32 Å². The average Bonchev–Trinajstić information content (AvgIpc) is 2.44. The van der Waals surface area contributed by atoms with E-state index in [-0.39, 0.29) is 18.0 Å². The fourth-order valence-corrected chi connectivity index (χ4v) is 2.16. The number of nitrogens with one attached hydrogen (secondary N) is 1. The summed E-state index contributed by atoms with van der Waals surface area (Å²) < 4.78 is 4.77. The third kappa shape index (κ3) is 3.14. The molecule has 0 spiro atoms. The van der Waals surface area contributed by atoms with Crippen LogP contribution in [0.2, 0.25) is 0 Å². The number of carbonyl (C=O) groups is 2. The highest BCUT2D eigenvalue weighted by molar-refractivity contribution is 5.97. The number of aromatic nitrogens is 1. The molecule has 106 valence electrons. The fourth-order valence-electron chi connectivity index (χ4n) is 2.16. The highest BCUT2D eigenvalue weighted by Gasteiger charge is 2.20. The van der Waals surface area contributed by atoms with Gasteiger partial charge in [0.2, 0.25) is 0 Å². The molecule has 0 radical (unpaired) electrons. The van der Waals surface area contributed by atoms with Gasteiger partial charge in [-0.2, -0.15) is 0 Å². The molecule has 1 aromatic rings. The van der Waals surface area contributed by atoms with Crippen LogP contribution in [0.1, 0.15) is 34.5 Å². The molecule has 1 aromatic heterocycles. The first-order chi connectivity index (χ1) is 9.61. The van der Waals surface area contributed by atoms with Crippen molar-refractivity contribution < 1.29 is 19.4 Å². The molecule has 1 heterocycles. The Kier molecular flexibility index (Phi) is 4.34. The van der Waals surface area contributed by atoms with Crippen molar-refractivity contribution in [1.82, 2.24) is 4.98 Å². The Morgan fingerprint density at radius 3 is 2.90 bits per heavy atom. The maximum Gasteiger partial charge on any atom is 0.413 e. The van der Waals surface area contributed by atoms with E-state index in [1.54, 1.807) is 6.07 Å². The molecule has 0 aromatic carbocycles. The van der Waals surface area contributed by atoms with Crippen molar-refractivity contribution in [3.05, 3.63) is 35.5 Å². The summed E-state index contributed by atoms with van der Waals surface area (Å²) in [4.78, 5) is 27.0. The highest BCUT2D eigenvalue weighted by Crippen LogP contribution is 2.24. The minimum Gasteiger partial charge on any atom is -0.478 e. The lowest BCUT2D eigenvalue weighted by Crippen LogP contribution is -2.19. The zero-order chi connectivity index (χ0) is 14.5. The van der Waals surface area contributed by atoms with E-state index in [2.05, 4.69) is 16.9 Å². The van der Waals surface area contributed by atoms with E-state index in [0.717, 1.165) is 36.9 Å². The number of hydrogen-bond acceptors (Lipinski definition) is 4. The van der Waals surface area contributed by atoms with Crippen LogP contribution in [0.5, 0.6) is 0 Å². The van der Waals surface area contributed by atoms with Crippen molar-refractivity contribution in [2.75, 3.05) is 11.9 Å². The SMILES string of the molecule is C=CCOC(=O)Nc1nc2c(cc1C(=O)O)CCCC2. The van der Waals surface area contributed by atoms with Gasteiger partial charge in [-0.1, -0.05) is 12.7 Å². The summed E-state index contributed by atoms with van der Waals surface area (Å²) in [6.07, 6.45) is 4.36. The molecule has 1 aliphatic rings. The van der Waals surface area contributed by atoms with Gasteiger partial charge in [0.25, 0.3) is 0 Å². The smallest absolute Gasteiger partial charge is 0.413 e. The summed E-state index contributed by atoms with van der Waals surface area (Å²) in [6.45, 7) is 3.48. The standard InChI is InChI=1S/C14H16N2O4/c1-2-7-20-14(19)16-12-10(13(17)18)8-9-5-3-4-6-11(9)15-12/h2,8H,1,3-7H2,(H,17,18)(H,15,16,19). The molecule has 0 saturated heterocycles. The van der Waals surface area contributed by atoms with E-state index in [1.165, 1.54) is 6.08 Å². The highest BCUT2D eigenvalue weighted by atomic mass is 16.5. The molecular formula is C14H16N2O4. The minimum absolute atomic E-state index is 0.0128. The lowest BCUT2D eigenvalue weighted by molar-refractivity contribution is 0.0697. The Morgan fingerprint density at radius 1 is 1.45 bits per heavy atom. The quantitative estimate of drug-likeness (QED) is 0.824. The number of carbonyl (C=O) groups excluding carboxylic acids is 1. The van der Waals surface area contributed by atoms with Crippen molar-refractivity contribution in [2.45, 2.75) is 25.7 Å². The summed E-state index contributed by atoms with van der Waals surface area (Å²) in [7, 11) is 0. The van der Waals surface area contributed by atoms with Crippen molar-refractivity contribution >= 4 is 17.9 Å². The second-order valence-electron chi connectivity index (χ2n) is 4.51. The maximum atomic E-state index is 11.5. The maximum absolute atomic E-state index is 11.5. The predicted molar refractivity (Wildman–Crippen MR) is 73.0 cm³/mol. The monoisotopic (exact) mass is 276 g/mol. The van der Waals surface area contributed by atoms with Gasteiger partial charge in [-0.05, 0) is 37.3 Å². The predicted octanol–water partition coefficient (Wildman–Crippen LogP) is 2.39. The van der Waals surface area contributed by atoms with Gasteiger partial charge in [-0.25, -0.2) is 14.6 Å². The summed E-state index contributed by atoms with van der Waals surface area (Å²) in [6, 6.07) is 1.59. The van der Waals surface area contributed by atoms with Gasteiger partial charge >= 0.3 is 12.1 Å². The van der Waals surface area contributed by atoms with Crippen LogP contribution >= 0.6 is 0 Å². The van der Waals surface area contributed by atoms with Crippen LogP contribution in [0.25, 0.3) is 0 Å². The Balaban J connectivity index is 2.27. The van der Waals surface area contributed by atoms with Crippen molar-refractivity contribution in [1.29, 1.82) is 0 Å². The lowest BCUT2D eigenvalue weighted by Gasteiger charge is -2.17. The fraction of sp³-hybridized carbons (Fsp3) is 0.357. The molecule has 1 aliphatic carbocycles. The van der Waals surface area contributed by atoms with E-state index in [9.17, 15) is 14.7 Å². The number of carboxylic acid groups (broad SMARTS) is 1. The first-order valence-corrected chi connectivity index (χ1v) is 6.42. The van der Waals surface area contributed by atoms with Gasteiger partial charge in [0.1, 0.15) is 18.0 Å². The number of nitrogens with zero attached hydrogens (tertiary/aromatic N) is 1. The first-order valence-electron chi connectivity index (χ1n) is 6.42. The van der Waals surface area contributed by atoms with Crippen molar-refractivity contribution in [3.8, 4) is 0 Å². The second kappa shape index (κ2) is 6.18. The number of amides is 1.